The highest BCUT2D eigenvalue weighted by Gasteiger charge is 2.24. The quantitative estimate of drug-likeness (QED) is 0.718. The van der Waals surface area contributed by atoms with Crippen molar-refractivity contribution >= 4 is 28.1 Å². The van der Waals surface area contributed by atoms with Gasteiger partial charge in [-0.3, -0.25) is 4.79 Å². The van der Waals surface area contributed by atoms with Crippen LogP contribution in [0.3, 0.4) is 0 Å². The van der Waals surface area contributed by atoms with E-state index in [4.69, 9.17) is 4.74 Å². The van der Waals surface area contributed by atoms with E-state index in [9.17, 15) is 4.79 Å². The van der Waals surface area contributed by atoms with Crippen LogP contribution in [0.1, 0.15) is 0 Å². The maximum atomic E-state index is 12.6. The van der Waals surface area contributed by atoms with Crippen LogP contribution in [-0.4, -0.2) is 45.7 Å². The zero-order chi connectivity index (χ0) is 19.3. The van der Waals surface area contributed by atoms with Crippen LogP contribution in [0.2, 0.25) is 0 Å². The number of rotatable bonds is 5. The molecule has 4 rings (SSSR count). The van der Waals surface area contributed by atoms with Crippen LogP contribution in [0.5, 0.6) is 5.75 Å². The van der Waals surface area contributed by atoms with E-state index < -0.39 is 0 Å². The van der Waals surface area contributed by atoms with E-state index in [0.29, 0.717) is 6.54 Å². The third-order valence-corrected chi connectivity index (χ3v) is 5.37. The molecule has 5 heteroatoms. The molecule has 28 heavy (non-hydrogen) atoms. The lowest BCUT2D eigenvalue weighted by Crippen LogP contribution is -3.15. The molecule has 5 nitrogen and oxygen atoms in total. The van der Waals surface area contributed by atoms with Crippen molar-refractivity contribution in [1.82, 2.24) is 0 Å². The van der Waals surface area contributed by atoms with Gasteiger partial charge in [-0.1, -0.05) is 48.5 Å². The molecule has 1 saturated heterocycles. The molecule has 1 amide bonds. The topological polar surface area (TPSA) is 46.0 Å². The van der Waals surface area contributed by atoms with Crippen LogP contribution in [0.15, 0.2) is 66.7 Å². The highest BCUT2D eigenvalue weighted by molar-refractivity contribution is 6.02. The number of ether oxygens (including phenoxy) is 1. The first kappa shape index (κ1) is 18.3. The number of carbonyl (C=O) groups excluding carboxylic acids is 1. The SMILES string of the molecule is COc1ccccc1N1CC[NH+](CC(=O)Nc2cccc3ccccc23)CC1. The molecule has 1 fully saturated rings. The van der Waals surface area contributed by atoms with Gasteiger partial charge in [-0.05, 0) is 23.6 Å². The molecule has 2 N–H and O–H groups in total. The van der Waals surface area contributed by atoms with Crippen molar-refractivity contribution < 1.29 is 14.4 Å². The van der Waals surface area contributed by atoms with E-state index in [1.54, 1.807) is 7.11 Å². The number of nitrogens with one attached hydrogen (secondary N) is 2. The van der Waals surface area contributed by atoms with Crippen molar-refractivity contribution in [2.45, 2.75) is 0 Å². The largest absolute Gasteiger partial charge is 0.495 e. The van der Waals surface area contributed by atoms with E-state index >= 15 is 0 Å². The summed E-state index contributed by atoms with van der Waals surface area (Å²) in [5.41, 5.74) is 2.01. The molecule has 0 aliphatic carbocycles. The van der Waals surface area contributed by atoms with Crippen LogP contribution in [-0.2, 0) is 4.79 Å². The predicted octanol–water partition coefficient (Wildman–Crippen LogP) is 2.19. The lowest BCUT2D eigenvalue weighted by molar-refractivity contribution is -0.892. The van der Waals surface area contributed by atoms with E-state index in [-0.39, 0.29) is 5.91 Å². The number of fused-ring (bicyclic) bond motifs is 1. The maximum Gasteiger partial charge on any atom is 0.279 e. The average Bonchev–Trinajstić information content (AvgIpc) is 2.74. The number of hydrogen-bond donors (Lipinski definition) is 2. The van der Waals surface area contributed by atoms with Crippen molar-refractivity contribution in [3.8, 4) is 5.75 Å². The number of carbonyl (C=O) groups is 1. The summed E-state index contributed by atoms with van der Waals surface area (Å²) in [7, 11) is 1.71. The van der Waals surface area contributed by atoms with E-state index in [0.717, 1.165) is 54.1 Å². The molecular weight excluding hydrogens is 350 g/mol. The van der Waals surface area contributed by atoms with Gasteiger partial charge in [0.25, 0.3) is 5.91 Å². The summed E-state index contributed by atoms with van der Waals surface area (Å²) in [6, 6.07) is 22.2. The number of amides is 1. The van der Waals surface area contributed by atoms with Crippen molar-refractivity contribution in [3.63, 3.8) is 0 Å². The van der Waals surface area contributed by atoms with Gasteiger partial charge in [0.1, 0.15) is 5.75 Å². The second-order valence-electron chi connectivity index (χ2n) is 7.16. The van der Waals surface area contributed by atoms with Gasteiger partial charge in [0.05, 0.1) is 39.0 Å². The normalized spacial score (nSPS) is 14.8. The Bertz CT molecular complexity index is 959. The molecule has 0 radical (unpaired) electrons. The number of anilines is 2. The molecule has 1 aliphatic rings. The summed E-state index contributed by atoms with van der Waals surface area (Å²) in [5, 5.41) is 5.32. The molecule has 0 atom stereocenters. The summed E-state index contributed by atoms with van der Waals surface area (Å²) >= 11 is 0. The van der Waals surface area contributed by atoms with Gasteiger partial charge in [0, 0.05) is 11.1 Å². The first-order valence-electron chi connectivity index (χ1n) is 9.74. The molecule has 3 aromatic carbocycles. The van der Waals surface area contributed by atoms with Crippen LogP contribution >= 0.6 is 0 Å². The van der Waals surface area contributed by atoms with E-state index in [1.807, 2.05) is 48.5 Å². The van der Waals surface area contributed by atoms with Gasteiger partial charge in [-0.25, -0.2) is 0 Å². The van der Waals surface area contributed by atoms with Crippen LogP contribution < -0.4 is 19.9 Å². The third kappa shape index (κ3) is 3.94. The first-order valence-corrected chi connectivity index (χ1v) is 9.74. The number of quaternary nitrogens is 1. The van der Waals surface area contributed by atoms with Crippen molar-refractivity contribution in [1.29, 1.82) is 0 Å². The summed E-state index contributed by atoms with van der Waals surface area (Å²) in [5.74, 6) is 0.969. The molecule has 1 aliphatic heterocycles. The fraction of sp³-hybridized carbons (Fsp3) is 0.261. The van der Waals surface area contributed by atoms with E-state index in [1.165, 1.54) is 4.90 Å². The molecule has 3 aromatic rings. The molecule has 144 valence electrons. The lowest BCUT2D eigenvalue weighted by atomic mass is 10.1. The Morgan fingerprint density at radius 1 is 1.00 bits per heavy atom. The summed E-state index contributed by atoms with van der Waals surface area (Å²) in [6.07, 6.45) is 0. The van der Waals surface area contributed by atoms with Gasteiger partial charge in [-0.15, -0.1) is 0 Å². The van der Waals surface area contributed by atoms with Crippen molar-refractivity contribution in [3.05, 3.63) is 66.7 Å². The Balaban J connectivity index is 1.35. The minimum absolute atomic E-state index is 0.0668. The second kappa shape index (κ2) is 8.31. The Labute approximate surface area is 165 Å². The minimum atomic E-state index is 0.0668. The fourth-order valence-electron chi connectivity index (χ4n) is 3.89. The van der Waals surface area contributed by atoms with Crippen LogP contribution in [0.4, 0.5) is 11.4 Å². The van der Waals surface area contributed by atoms with Gasteiger partial charge >= 0.3 is 0 Å². The average molecular weight is 376 g/mol. The van der Waals surface area contributed by atoms with Crippen molar-refractivity contribution in [2.75, 3.05) is 50.1 Å². The second-order valence-corrected chi connectivity index (χ2v) is 7.16. The van der Waals surface area contributed by atoms with Crippen molar-refractivity contribution in [2.24, 2.45) is 0 Å². The molecule has 0 saturated carbocycles. The Morgan fingerprint density at radius 2 is 1.71 bits per heavy atom. The zero-order valence-corrected chi connectivity index (χ0v) is 16.2. The number of piperazine rings is 1. The summed E-state index contributed by atoms with van der Waals surface area (Å²) < 4.78 is 5.48. The van der Waals surface area contributed by atoms with Gasteiger partial charge in [-0.2, -0.15) is 0 Å². The highest BCUT2D eigenvalue weighted by atomic mass is 16.5. The van der Waals surface area contributed by atoms with Gasteiger partial charge in [0.2, 0.25) is 0 Å². The molecule has 0 aromatic heterocycles. The molecule has 0 bridgehead atoms. The number of benzene rings is 3. The van der Waals surface area contributed by atoms with Gasteiger partial charge < -0.3 is 19.9 Å². The molecular formula is C23H26N3O2+. The number of hydrogen-bond acceptors (Lipinski definition) is 3. The van der Waals surface area contributed by atoms with Crippen LogP contribution in [0.25, 0.3) is 10.8 Å². The molecule has 1 heterocycles. The molecule has 0 unspecified atom stereocenters. The summed E-state index contributed by atoms with van der Waals surface area (Å²) in [4.78, 5) is 16.3. The highest BCUT2D eigenvalue weighted by Crippen LogP contribution is 2.27. The number of nitrogens with zero attached hydrogens (tertiary/aromatic N) is 1. The zero-order valence-electron chi connectivity index (χ0n) is 16.2. The van der Waals surface area contributed by atoms with Gasteiger partial charge in [0.15, 0.2) is 6.54 Å². The third-order valence-electron chi connectivity index (χ3n) is 5.37. The van der Waals surface area contributed by atoms with E-state index in [2.05, 4.69) is 28.4 Å². The maximum absolute atomic E-state index is 12.6. The molecule has 0 spiro atoms. The predicted molar refractivity (Wildman–Crippen MR) is 113 cm³/mol. The Hall–Kier alpha value is -3.05. The number of para-hydroxylation sites is 2. The smallest absolute Gasteiger partial charge is 0.279 e. The Morgan fingerprint density at radius 3 is 2.54 bits per heavy atom. The summed E-state index contributed by atoms with van der Waals surface area (Å²) in [6.45, 7) is 4.18. The standard InChI is InChI=1S/C23H25N3O2/c1-28-22-12-5-4-11-21(22)26-15-13-25(14-16-26)17-23(27)24-20-10-6-8-18-7-2-3-9-19(18)20/h2-12H,13-17H2,1H3,(H,24,27)/p+1. The number of methoxy groups -OCH3 is 1. The van der Waals surface area contributed by atoms with Crippen LogP contribution in [0, 0.1) is 0 Å². The first-order chi connectivity index (χ1) is 13.7. The fourth-order valence-corrected chi connectivity index (χ4v) is 3.89. The lowest BCUT2D eigenvalue weighted by Gasteiger charge is -2.34. The Kier molecular flexibility index (Phi) is 5.44. The monoisotopic (exact) mass is 376 g/mol. The minimum Gasteiger partial charge on any atom is -0.495 e.